The maximum atomic E-state index is 6.06. The first-order chi connectivity index (χ1) is 10.2. The lowest BCUT2D eigenvalue weighted by molar-refractivity contribution is 0.317. The minimum absolute atomic E-state index is 0.481. The number of anilines is 2. The molecule has 1 saturated carbocycles. The monoisotopic (exact) mass is 303 g/mol. The third kappa shape index (κ3) is 3.85. The third-order valence-corrected chi connectivity index (χ3v) is 3.45. The van der Waals surface area contributed by atoms with Crippen molar-refractivity contribution in [2.45, 2.75) is 32.1 Å². The molecule has 5 heteroatoms. The van der Waals surface area contributed by atoms with Crippen molar-refractivity contribution >= 4 is 23.1 Å². The summed E-state index contributed by atoms with van der Waals surface area (Å²) in [5.74, 6) is 2.93. The molecule has 3 rings (SSSR count). The highest BCUT2D eigenvalue weighted by molar-refractivity contribution is 6.29. The topological polar surface area (TPSA) is 47.0 Å². The predicted octanol–water partition coefficient (Wildman–Crippen LogP) is 4.54. The van der Waals surface area contributed by atoms with Gasteiger partial charge in [0.15, 0.2) is 0 Å². The molecular formula is C16H18ClN3O. The quantitative estimate of drug-likeness (QED) is 0.796. The predicted molar refractivity (Wildman–Crippen MR) is 84.5 cm³/mol. The van der Waals surface area contributed by atoms with E-state index < -0.39 is 0 Å². The van der Waals surface area contributed by atoms with Gasteiger partial charge < -0.3 is 10.1 Å². The number of rotatable bonds is 6. The molecule has 2 aromatic rings. The summed E-state index contributed by atoms with van der Waals surface area (Å²) in [4.78, 5) is 8.80. The Balaban J connectivity index is 1.70. The summed E-state index contributed by atoms with van der Waals surface area (Å²) >= 11 is 6.06. The van der Waals surface area contributed by atoms with E-state index in [0.717, 1.165) is 48.9 Å². The van der Waals surface area contributed by atoms with Crippen LogP contribution in [0.2, 0.25) is 5.15 Å². The second kappa shape index (κ2) is 6.31. The molecule has 1 aromatic heterocycles. The number of benzene rings is 1. The van der Waals surface area contributed by atoms with Crippen LogP contribution < -0.4 is 10.1 Å². The van der Waals surface area contributed by atoms with Gasteiger partial charge in [-0.2, -0.15) is 0 Å². The molecule has 0 amide bonds. The van der Waals surface area contributed by atoms with Crippen LogP contribution in [0.3, 0.4) is 0 Å². The van der Waals surface area contributed by atoms with Crippen LogP contribution in [0.4, 0.5) is 11.5 Å². The van der Waals surface area contributed by atoms with Crippen molar-refractivity contribution in [1.82, 2.24) is 9.97 Å². The lowest BCUT2D eigenvalue weighted by Gasteiger charge is -2.09. The zero-order chi connectivity index (χ0) is 14.7. The Bertz CT molecular complexity index is 611. The maximum absolute atomic E-state index is 6.06. The lowest BCUT2D eigenvalue weighted by Crippen LogP contribution is -2.00. The minimum Gasteiger partial charge on any atom is -0.494 e. The Morgan fingerprint density at radius 2 is 2.00 bits per heavy atom. The number of ether oxygens (including phenoxy) is 1. The summed E-state index contributed by atoms with van der Waals surface area (Å²) in [6.07, 6.45) is 3.32. The van der Waals surface area contributed by atoms with Gasteiger partial charge in [0.05, 0.1) is 6.61 Å². The molecule has 110 valence electrons. The first-order valence-corrected chi connectivity index (χ1v) is 7.67. The van der Waals surface area contributed by atoms with Crippen LogP contribution in [0.5, 0.6) is 5.75 Å². The normalized spacial score (nSPS) is 14.0. The molecule has 0 saturated heterocycles. The molecule has 1 aliphatic carbocycles. The number of hydrogen-bond acceptors (Lipinski definition) is 4. The highest BCUT2D eigenvalue weighted by Gasteiger charge is 2.27. The molecule has 0 spiro atoms. The standard InChI is InChI=1S/C16H18ClN3O/c1-2-9-21-13-7-5-12(6-8-13)18-15-10-14(17)19-16(20-15)11-3-4-11/h5-8,10-11H,2-4,9H2,1H3,(H,18,19,20). The summed E-state index contributed by atoms with van der Waals surface area (Å²) in [5, 5.41) is 3.74. The summed E-state index contributed by atoms with van der Waals surface area (Å²) in [6.45, 7) is 2.82. The molecule has 0 unspecified atom stereocenters. The van der Waals surface area contributed by atoms with Crippen LogP contribution in [0.25, 0.3) is 0 Å². The van der Waals surface area contributed by atoms with Gasteiger partial charge in [-0.15, -0.1) is 0 Å². The van der Waals surface area contributed by atoms with Crippen molar-refractivity contribution in [3.8, 4) is 5.75 Å². The summed E-state index contributed by atoms with van der Waals surface area (Å²) in [7, 11) is 0. The van der Waals surface area contributed by atoms with Crippen molar-refractivity contribution < 1.29 is 4.74 Å². The number of nitrogens with one attached hydrogen (secondary N) is 1. The van der Waals surface area contributed by atoms with Gasteiger partial charge in [0.25, 0.3) is 0 Å². The second-order valence-electron chi connectivity index (χ2n) is 5.21. The van der Waals surface area contributed by atoms with E-state index in [2.05, 4.69) is 22.2 Å². The Morgan fingerprint density at radius 3 is 2.67 bits per heavy atom. The van der Waals surface area contributed by atoms with Crippen LogP contribution in [-0.4, -0.2) is 16.6 Å². The van der Waals surface area contributed by atoms with Crippen LogP contribution >= 0.6 is 11.6 Å². The molecule has 0 aliphatic heterocycles. The number of hydrogen-bond donors (Lipinski definition) is 1. The van der Waals surface area contributed by atoms with Crippen molar-refractivity contribution in [3.63, 3.8) is 0 Å². The van der Waals surface area contributed by atoms with E-state index in [1.54, 1.807) is 6.07 Å². The Kier molecular flexibility index (Phi) is 4.25. The molecule has 0 bridgehead atoms. The molecule has 1 heterocycles. The molecule has 1 aromatic carbocycles. The van der Waals surface area contributed by atoms with Gasteiger partial charge in [-0.3, -0.25) is 0 Å². The summed E-state index contributed by atoms with van der Waals surface area (Å²) in [6, 6.07) is 9.58. The van der Waals surface area contributed by atoms with E-state index in [1.165, 1.54) is 0 Å². The first-order valence-electron chi connectivity index (χ1n) is 7.29. The minimum atomic E-state index is 0.481. The molecule has 4 nitrogen and oxygen atoms in total. The van der Waals surface area contributed by atoms with Gasteiger partial charge in [0.1, 0.15) is 22.5 Å². The fraction of sp³-hybridized carbons (Fsp3) is 0.375. The average Bonchev–Trinajstić information content (AvgIpc) is 3.30. The SMILES string of the molecule is CCCOc1ccc(Nc2cc(Cl)nc(C3CC3)n2)cc1. The highest BCUT2D eigenvalue weighted by atomic mass is 35.5. The molecular weight excluding hydrogens is 286 g/mol. The Labute approximate surface area is 129 Å². The zero-order valence-electron chi connectivity index (χ0n) is 12.0. The number of nitrogens with zero attached hydrogens (tertiary/aromatic N) is 2. The van der Waals surface area contributed by atoms with Crippen molar-refractivity contribution in [2.75, 3.05) is 11.9 Å². The smallest absolute Gasteiger partial charge is 0.135 e. The lowest BCUT2D eigenvalue weighted by atomic mass is 10.3. The van der Waals surface area contributed by atoms with Crippen molar-refractivity contribution in [2.24, 2.45) is 0 Å². The maximum Gasteiger partial charge on any atom is 0.135 e. The molecule has 1 fully saturated rings. The fourth-order valence-corrected chi connectivity index (χ4v) is 2.22. The molecule has 0 atom stereocenters. The first kappa shape index (κ1) is 14.1. The van der Waals surface area contributed by atoms with Gasteiger partial charge in [0, 0.05) is 17.7 Å². The highest BCUT2D eigenvalue weighted by Crippen LogP contribution is 2.39. The molecule has 0 radical (unpaired) electrons. The van der Waals surface area contributed by atoms with E-state index in [0.29, 0.717) is 11.1 Å². The van der Waals surface area contributed by atoms with E-state index in [-0.39, 0.29) is 0 Å². The van der Waals surface area contributed by atoms with Crippen molar-refractivity contribution in [3.05, 3.63) is 41.3 Å². The third-order valence-electron chi connectivity index (χ3n) is 3.25. The Morgan fingerprint density at radius 1 is 1.24 bits per heavy atom. The van der Waals surface area contributed by atoms with Crippen LogP contribution in [0.15, 0.2) is 30.3 Å². The van der Waals surface area contributed by atoms with Crippen molar-refractivity contribution in [1.29, 1.82) is 0 Å². The van der Waals surface area contributed by atoms with Gasteiger partial charge in [0.2, 0.25) is 0 Å². The number of halogens is 1. The second-order valence-corrected chi connectivity index (χ2v) is 5.59. The molecule has 1 N–H and O–H groups in total. The van der Waals surface area contributed by atoms with Crippen LogP contribution in [0, 0.1) is 0 Å². The molecule has 21 heavy (non-hydrogen) atoms. The van der Waals surface area contributed by atoms with Crippen LogP contribution in [0.1, 0.15) is 37.9 Å². The van der Waals surface area contributed by atoms with Gasteiger partial charge in [-0.25, -0.2) is 9.97 Å². The van der Waals surface area contributed by atoms with Crippen LogP contribution in [-0.2, 0) is 0 Å². The van der Waals surface area contributed by atoms with E-state index in [1.807, 2.05) is 24.3 Å². The van der Waals surface area contributed by atoms with E-state index in [9.17, 15) is 0 Å². The van der Waals surface area contributed by atoms with E-state index >= 15 is 0 Å². The van der Waals surface area contributed by atoms with Gasteiger partial charge >= 0.3 is 0 Å². The summed E-state index contributed by atoms with van der Waals surface area (Å²) < 4.78 is 5.56. The summed E-state index contributed by atoms with van der Waals surface area (Å²) in [5.41, 5.74) is 0.954. The van der Waals surface area contributed by atoms with Gasteiger partial charge in [-0.1, -0.05) is 18.5 Å². The fourth-order valence-electron chi connectivity index (χ4n) is 2.03. The van der Waals surface area contributed by atoms with E-state index in [4.69, 9.17) is 16.3 Å². The average molecular weight is 304 g/mol. The largest absolute Gasteiger partial charge is 0.494 e. The van der Waals surface area contributed by atoms with Gasteiger partial charge in [-0.05, 0) is 43.5 Å². The Hall–Kier alpha value is -1.81. The number of aromatic nitrogens is 2. The zero-order valence-corrected chi connectivity index (χ0v) is 12.7. The molecule has 1 aliphatic rings.